The van der Waals surface area contributed by atoms with E-state index in [0.29, 0.717) is 40.4 Å². The summed E-state index contributed by atoms with van der Waals surface area (Å²) in [6.45, 7) is 8.88. The Balaban J connectivity index is 1.37. The number of aromatic amines is 1. The summed E-state index contributed by atoms with van der Waals surface area (Å²) in [5.41, 5.74) is 3.84. The van der Waals surface area contributed by atoms with Gasteiger partial charge < -0.3 is 14.6 Å². The molecule has 0 radical (unpaired) electrons. The molecule has 2 aliphatic heterocycles. The van der Waals surface area contributed by atoms with Crippen molar-refractivity contribution in [3.05, 3.63) is 68.2 Å². The largest absolute Gasteiger partial charge is 0.377 e. The van der Waals surface area contributed by atoms with Crippen LogP contribution in [0.15, 0.2) is 41.2 Å². The number of carbonyl (C=O) groups is 1. The van der Waals surface area contributed by atoms with E-state index in [9.17, 15) is 9.59 Å². The molecule has 2 aliphatic rings. The Morgan fingerprint density at radius 1 is 1.15 bits per heavy atom. The summed E-state index contributed by atoms with van der Waals surface area (Å²) in [6, 6.07) is 11.1. The van der Waals surface area contributed by atoms with Crippen molar-refractivity contribution in [2.75, 3.05) is 39.3 Å². The molecule has 34 heavy (non-hydrogen) atoms. The van der Waals surface area contributed by atoms with E-state index >= 15 is 0 Å². The summed E-state index contributed by atoms with van der Waals surface area (Å²) in [5.74, 6) is -0.0170. The van der Waals surface area contributed by atoms with E-state index in [1.54, 1.807) is 18.2 Å². The third-order valence-electron chi connectivity index (χ3n) is 7.11. The van der Waals surface area contributed by atoms with Crippen LogP contribution in [0.5, 0.6) is 0 Å². The Morgan fingerprint density at radius 2 is 1.94 bits per heavy atom. The number of hydrogen-bond donors (Lipinski definition) is 1. The van der Waals surface area contributed by atoms with Crippen LogP contribution >= 0.6 is 12.2 Å². The molecule has 1 N–H and O–H groups in total. The average Bonchev–Trinajstić information content (AvgIpc) is 3.34. The van der Waals surface area contributed by atoms with Gasteiger partial charge in [0.15, 0.2) is 4.77 Å². The van der Waals surface area contributed by atoms with Gasteiger partial charge in [-0.1, -0.05) is 12.1 Å². The third kappa shape index (κ3) is 4.33. The van der Waals surface area contributed by atoms with Crippen molar-refractivity contribution in [2.24, 2.45) is 0 Å². The minimum atomic E-state index is -0.186. The normalized spacial score (nSPS) is 19.1. The van der Waals surface area contributed by atoms with Gasteiger partial charge in [-0.3, -0.25) is 19.1 Å². The lowest BCUT2D eigenvalue weighted by Gasteiger charge is -2.35. The molecule has 1 aromatic heterocycles. The maximum absolute atomic E-state index is 13.3. The minimum absolute atomic E-state index is 0.0170. The molecule has 8 heteroatoms. The zero-order valence-corrected chi connectivity index (χ0v) is 20.5. The number of aryl methyl sites for hydroxylation is 1. The molecule has 3 heterocycles. The second kappa shape index (κ2) is 9.44. The van der Waals surface area contributed by atoms with Crippen LogP contribution in [-0.4, -0.2) is 70.7 Å². The number of H-pyrrole nitrogens is 1. The Labute approximate surface area is 204 Å². The molecule has 2 aromatic carbocycles. The SMILES string of the molecule is Cc1cccc(-n2c(=S)[nH]c3cc(C(=O)N4CCN(CC5CCCO5)CC4)ccc3c2=O)c1C. The van der Waals surface area contributed by atoms with Crippen LogP contribution in [0, 0.1) is 18.6 Å². The Kier molecular flexibility index (Phi) is 6.38. The highest BCUT2D eigenvalue weighted by atomic mass is 32.1. The molecule has 0 saturated carbocycles. The number of ether oxygens (including phenoxy) is 1. The standard InChI is InChI=1S/C26H30N4O3S/c1-17-5-3-7-23(18(17)2)30-25(32)21-9-8-19(15-22(21)27-26(30)34)24(31)29-12-10-28(11-13-29)16-20-6-4-14-33-20/h3,5,7-9,15,20H,4,6,10-14,16H2,1-2H3,(H,27,34). The molecule has 2 saturated heterocycles. The van der Waals surface area contributed by atoms with E-state index in [1.165, 1.54) is 4.57 Å². The summed E-state index contributed by atoms with van der Waals surface area (Å²) in [4.78, 5) is 34.0. The monoisotopic (exact) mass is 478 g/mol. The van der Waals surface area contributed by atoms with Crippen molar-refractivity contribution in [3.8, 4) is 5.69 Å². The number of rotatable bonds is 4. The lowest BCUT2D eigenvalue weighted by Crippen LogP contribution is -2.50. The third-order valence-corrected chi connectivity index (χ3v) is 7.39. The summed E-state index contributed by atoms with van der Waals surface area (Å²) in [5, 5.41) is 0.507. The van der Waals surface area contributed by atoms with Gasteiger partial charge in [-0.15, -0.1) is 0 Å². The van der Waals surface area contributed by atoms with Crippen LogP contribution in [0.4, 0.5) is 0 Å². The van der Waals surface area contributed by atoms with Crippen molar-refractivity contribution < 1.29 is 9.53 Å². The fourth-order valence-electron chi connectivity index (χ4n) is 4.94. The van der Waals surface area contributed by atoms with Gasteiger partial charge >= 0.3 is 0 Å². The van der Waals surface area contributed by atoms with Crippen molar-refractivity contribution in [1.29, 1.82) is 0 Å². The number of nitrogens with zero attached hydrogens (tertiary/aromatic N) is 3. The van der Waals surface area contributed by atoms with Crippen LogP contribution < -0.4 is 5.56 Å². The smallest absolute Gasteiger partial charge is 0.266 e. The summed E-state index contributed by atoms with van der Waals surface area (Å²) in [6.07, 6.45) is 2.60. The number of fused-ring (bicyclic) bond motifs is 1. The zero-order valence-electron chi connectivity index (χ0n) is 19.7. The maximum atomic E-state index is 13.3. The average molecular weight is 479 g/mol. The molecule has 1 unspecified atom stereocenters. The number of carbonyl (C=O) groups excluding carboxylic acids is 1. The van der Waals surface area contributed by atoms with E-state index in [0.717, 1.165) is 55.9 Å². The zero-order chi connectivity index (χ0) is 23.8. The topological polar surface area (TPSA) is 70.6 Å². The highest BCUT2D eigenvalue weighted by Crippen LogP contribution is 2.20. The molecule has 5 rings (SSSR count). The van der Waals surface area contributed by atoms with E-state index in [-0.39, 0.29) is 11.5 Å². The van der Waals surface area contributed by atoms with Crippen molar-refractivity contribution in [2.45, 2.75) is 32.8 Å². The van der Waals surface area contributed by atoms with E-state index in [4.69, 9.17) is 17.0 Å². The van der Waals surface area contributed by atoms with Crippen molar-refractivity contribution in [1.82, 2.24) is 19.4 Å². The number of aromatic nitrogens is 2. The minimum Gasteiger partial charge on any atom is -0.377 e. The Hall–Kier alpha value is -2.81. The number of piperazine rings is 1. The summed E-state index contributed by atoms with van der Waals surface area (Å²) >= 11 is 5.55. The number of hydrogen-bond acceptors (Lipinski definition) is 5. The van der Waals surface area contributed by atoms with Gasteiger partial charge in [0.2, 0.25) is 0 Å². The van der Waals surface area contributed by atoms with Crippen LogP contribution in [0.25, 0.3) is 16.6 Å². The van der Waals surface area contributed by atoms with Gasteiger partial charge in [0.05, 0.1) is 22.7 Å². The summed E-state index contributed by atoms with van der Waals surface area (Å²) < 4.78 is 7.60. The molecule has 7 nitrogen and oxygen atoms in total. The molecular formula is C26H30N4O3S. The fourth-order valence-corrected chi connectivity index (χ4v) is 5.23. The highest BCUT2D eigenvalue weighted by Gasteiger charge is 2.25. The predicted octanol–water partition coefficient (Wildman–Crippen LogP) is 3.60. The first kappa shape index (κ1) is 23.0. The van der Waals surface area contributed by atoms with E-state index in [2.05, 4.69) is 9.88 Å². The molecule has 0 bridgehead atoms. The molecule has 1 atom stereocenters. The Morgan fingerprint density at radius 3 is 2.68 bits per heavy atom. The van der Waals surface area contributed by atoms with Gasteiger partial charge in [-0.25, -0.2) is 0 Å². The van der Waals surface area contributed by atoms with Gasteiger partial charge in [0.25, 0.3) is 11.5 Å². The first-order chi connectivity index (χ1) is 16.4. The lowest BCUT2D eigenvalue weighted by molar-refractivity contribution is 0.0433. The Bertz CT molecular complexity index is 1350. The number of benzene rings is 2. The number of amides is 1. The molecule has 178 valence electrons. The van der Waals surface area contributed by atoms with Crippen LogP contribution in [-0.2, 0) is 4.74 Å². The number of nitrogens with one attached hydrogen (secondary N) is 1. The molecule has 3 aromatic rings. The second-order valence-corrected chi connectivity index (χ2v) is 9.66. The van der Waals surface area contributed by atoms with Crippen molar-refractivity contribution >= 4 is 29.0 Å². The quantitative estimate of drug-likeness (QED) is 0.581. The van der Waals surface area contributed by atoms with Crippen LogP contribution in [0.1, 0.15) is 34.3 Å². The molecule has 0 spiro atoms. The molecule has 1 amide bonds. The van der Waals surface area contributed by atoms with E-state index < -0.39 is 0 Å². The van der Waals surface area contributed by atoms with Gasteiger partial charge in [0.1, 0.15) is 0 Å². The first-order valence-electron chi connectivity index (χ1n) is 11.9. The van der Waals surface area contributed by atoms with E-state index in [1.807, 2.05) is 36.9 Å². The van der Waals surface area contributed by atoms with Gasteiger partial charge in [-0.2, -0.15) is 0 Å². The molecule has 0 aliphatic carbocycles. The fraction of sp³-hybridized carbons (Fsp3) is 0.423. The predicted molar refractivity (Wildman–Crippen MR) is 136 cm³/mol. The summed E-state index contributed by atoms with van der Waals surface area (Å²) in [7, 11) is 0. The molecular weight excluding hydrogens is 448 g/mol. The van der Waals surface area contributed by atoms with Crippen LogP contribution in [0.3, 0.4) is 0 Å². The van der Waals surface area contributed by atoms with Crippen molar-refractivity contribution in [3.63, 3.8) is 0 Å². The highest BCUT2D eigenvalue weighted by molar-refractivity contribution is 7.71. The second-order valence-electron chi connectivity index (χ2n) is 9.28. The van der Waals surface area contributed by atoms with Gasteiger partial charge in [-0.05, 0) is 74.3 Å². The maximum Gasteiger partial charge on any atom is 0.266 e. The first-order valence-corrected chi connectivity index (χ1v) is 12.3. The lowest BCUT2D eigenvalue weighted by atomic mass is 10.1. The van der Waals surface area contributed by atoms with Gasteiger partial charge in [0, 0.05) is 44.9 Å². The molecule has 2 fully saturated rings. The van der Waals surface area contributed by atoms with Crippen LogP contribution in [0.2, 0.25) is 0 Å².